The minimum absolute atomic E-state index is 0.0425. The standard InChI is InChI=1S/C14H24N2O8/c17-11-22-8-4-10-24-14(21)16-7-2-1-6-15-13(20)23-9-3-5-12(18)19/h11H,1-10H2,(H,15,20)(H,16,21)(H,18,19). The van der Waals surface area contributed by atoms with E-state index in [-0.39, 0.29) is 32.7 Å². The summed E-state index contributed by atoms with van der Waals surface area (Å²) in [6, 6.07) is 0. The number of hydrogen-bond acceptors (Lipinski definition) is 7. The van der Waals surface area contributed by atoms with Crippen LogP contribution in [0.4, 0.5) is 9.59 Å². The Hall–Kier alpha value is -2.52. The highest BCUT2D eigenvalue weighted by Crippen LogP contribution is 1.92. The molecule has 10 heteroatoms. The molecule has 138 valence electrons. The summed E-state index contributed by atoms with van der Waals surface area (Å²) in [5, 5.41) is 13.5. The van der Waals surface area contributed by atoms with Crippen molar-refractivity contribution >= 4 is 24.6 Å². The predicted molar refractivity (Wildman–Crippen MR) is 81.4 cm³/mol. The van der Waals surface area contributed by atoms with E-state index in [9.17, 15) is 19.2 Å². The lowest BCUT2D eigenvalue weighted by atomic mass is 10.3. The summed E-state index contributed by atoms with van der Waals surface area (Å²) in [4.78, 5) is 42.6. The van der Waals surface area contributed by atoms with Crippen molar-refractivity contribution in [2.24, 2.45) is 0 Å². The van der Waals surface area contributed by atoms with Gasteiger partial charge in [-0.25, -0.2) is 9.59 Å². The fourth-order valence-corrected chi connectivity index (χ4v) is 1.48. The van der Waals surface area contributed by atoms with E-state index in [1.807, 2.05) is 0 Å². The summed E-state index contributed by atoms with van der Waals surface area (Å²) in [6.07, 6.45) is 0.803. The molecule has 0 aliphatic rings. The molecule has 0 saturated carbocycles. The van der Waals surface area contributed by atoms with Gasteiger partial charge in [0.2, 0.25) is 0 Å². The summed E-state index contributed by atoms with van der Waals surface area (Å²) in [5.74, 6) is -0.931. The molecule has 0 aromatic carbocycles. The SMILES string of the molecule is O=COCCCOC(=O)NCCCCNC(=O)OCCCC(=O)O. The van der Waals surface area contributed by atoms with Crippen LogP contribution in [0.1, 0.15) is 32.1 Å². The second-order valence-electron chi connectivity index (χ2n) is 4.65. The maximum atomic E-state index is 11.2. The first-order chi connectivity index (χ1) is 11.6. The van der Waals surface area contributed by atoms with Crippen molar-refractivity contribution in [2.75, 3.05) is 32.9 Å². The molecular formula is C14H24N2O8. The van der Waals surface area contributed by atoms with Gasteiger partial charge in [0.25, 0.3) is 6.47 Å². The molecule has 0 aromatic rings. The summed E-state index contributed by atoms with van der Waals surface area (Å²) in [6.45, 7) is 1.55. The highest BCUT2D eigenvalue weighted by Gasteiger charge is 2.03. The van der Waals surface area contributed by atoms with E-state index in [4.69, 9.17) is 14.6 Å². The Balaban J connectivity index is 3.34. The first kappa shape index (κ1) is 21.5. The number of rotatable bonds is 14. The lowest BCUT2D eigenvalue weighted by molar-refractivity contribution is -0.137. The molecule has 2 amide bonds. The van der Waals surface area contributed by atoms with Crippen LogP contribution in [-0.2, 0) is 23.8 Å². The molecule has 3 N–H and O–H groups in total. The quantitative estimate of drug-likeness (QED) is 0.236. The lowest BCUT2D eigenvalue weighted by Gasteiger charge is -2.08. The third kappa shape index (κ3) is 15.9. The number of carboxylic acid groups (broad SMARTS) is 1. The Morgan fingerprint density at radius 2 is 1.38 bits per heavy atom. The number of amides is 2. The molecule has 0 aromatic heterocycles. The Bertz CT molecular complexity index is 389. The molecule has 0 fully saturated rings. The van der Waals surface area contributed by atoms with Gasteiger partial charge in [-0.05, 0) is 19.3 Å². The van der Waals surface area contributed by atoms with Crippen LogP contribution in [0.15, 0.2) is 0 Å². The summed E-state index contributed by atoms with van der Waals surface area (Å²) in [7, 11) is 0. The van der Waals surface area contributed by atoms with Gasteiger partial charge in [0, 0.05) is 25.9 Å². The topological polar surface area (TPSA) is 140 Å². The van der Waals surface area contributed by atoms with Gasteiger partial charge in [0.15, 0.2) is 0 Å². The third-order valence-electron chi connectivity index (χ3n) is 2.62. The van der Waals surface area contributed by atoms with Gasteiger partial charge in [-0.2, -0.15) is 0 Å². The van der Waals surface area contributed by atoms with Gasteiger partial charge in [0.05, 0.1) is 19.8 Å². The van der Waals surface area contributed by atoms with E-state index in [0.717, 1.165) is 0 Å². The molecule has 0 spiro atoms. The molecular weight excluding hydrogens is 324 g/mol. The van der Waals surface area contributed by atoms with E-state index in [2.05, 4.69) is 15.4 Å². The number of carboxylic acids is 1. The van der Waals surface area contributed by atoms with E-state index in [0.29, 0.717) is 38.8 Å². The number of aliphatic carboxylic acids is 1. The van der Waals surface area contributed by atoms with E-state index >= 15 is 0 Å². The highest BCUT2D eigenvalue weighted by atomic mass is 16.6. The number of hydrogen-bond donors (Lipinski definition) is 3. The molecule has 10 nitrogen and oxygen atoms in total. The molecule has 0 bridgehead atoms. The second kappa shape index (κ2) is 15.4. The minimum atomic E-state index is -0.931. The third-order valence-corrected chi connectivity index (χ3v) is 2.62. The van der Waals surface area contributed by atoms with Crippen LogP contribution >= 0.6 is 0 Å². The van der Waals surface area contributed by atoms with Gasteiger partial charge in [0.1, 0.15) is 0 Å². The van der Waals surface area contributed by atoms with Gasteiger partial charge >= 0.3 is 18.2 Å². The Kier molecular flexibility index (Phi) is 13.8. The van der Waals surface area contributed by atoms with E-state index in [1.165, 1.54) is 0 Å². The van der Waals surface area contributed by atoms with E-state index < -0.39 is 18.2 Å². The van der Waals surface area contributed by atoms with Crippen LogP contribution in [0.25, 0.3) is 0 Å². The van der Waals surface area contributed by atoms with Crippen LogP contribution in [0.5, 0.6) is 0 Å². The van der Waals surface area contributed by atoms with Gasteiger partial charge < -0.3 is 30.0 Å². The van der Waals surface area contributed by atoms with Crippen molar-refractivity contribution in [1.29, 1.82) is 0 Å². The van der Waals surface area contributed by atoms with Crippen LogP contribution < -0.4 is 10.6 Å². The first-order valence-electron chi connectivity index (χ1n) is 7.64. The molecule has 0 unspecified atom stereocenters. The molecule has 24 heavy (non-hydrogen) atoms. The number of nitrogens with one attached hydrogen (secondary N) is 2. The molecule has 0 heterocycles. The molecule has 0 atom stereocenters. The van der Waals surface area contributed by atoms with Crippen molar-refractivity contribution in [1.82, 2.24) is 10.6 Å². The highest BCUT2D eigenvalue weighted by molar-refractivity contribution is 5.68. The van der Waals surface area contributed by atoms with Crippen molar-refractivity contribution < 1.29 is 38.5 Å². The zero-order valence-electron chi connectivity index (χ0n) is 13.5. The number of unbranched alkanes of at least 4 members (excludes halogenated alkanes) is 1. The number of carbonyl (C=O) groups is 4. The first-order valence-corrected chi connectivity index (χ1v) is 7.64. The van der Waals surface area contributed by atoms with Crippen LogP contribution in [-0.4, -0.2) is 62.6 Å². The minimum Gasteiger partial charge on any atom is -0.481 e. The zero-order valence-corrected chi connectivity index (χ0v) is 13.5. The number of carbonyl (C=O) groups excluding carboxylic acids is 3. The number of ether oxygens (including phenoxy) is 3. The molecule has 0 radical (unpaired) electrons. The zero-order chi connectivity index (χ0) is 18.0. The summed E-state index contributed by atoms with van der Waals surface area (Å²) in [5.41, 5.74) is 0. The monoisotopic (exact) mass is 348 g/mol. The fraction of sp³-hybridized carbons (Fsp3) is 0.714. The average molecular weight is 348 g/mol. The second-order valence-corrected chi connectivity index (χ2v) is 4.65. The maximum Gasteiger partial charge on any atom is 0.407 e. The van der Waals surface area contributed by atoms with E-state index in [1.54, 1.807) is 0 Å². The fourth-order valence-electron chi connectivity index (χ4n) is 1.48. The Labute approximate surface area is 139 Å². The van der Waals surface area contributed by atoms with Crippen molar-refractivity contribution in [2.45, 2.75) is 32.1 Å². The van der Waals surface area contributed by atoms with Crippen LogP contribution in [0.3, 0.4) is 0 Å². The molecule has 0 saturated heterocycles. The predicted octanol–water partition coefficient (Wildman–Crippen LogP) is 0.647. The van der Waals surface area contributed by atoms with Gasteiger partial charge in [-0.1, -0.05) is 0 Å². The lowest BCUT2D eigenvalue weighted by Crippen LogP contribution is -2.28. The molecule has 0 aliphatic heterocycles. The summed E-state index contributed by atoms with van der Waals surface area (Å²) < 4.78 is 14.0. The smallest absolute Gasteiger partial charge is 0.407 e. The van der Waals surface area contributed by atoms with Gasteiger partial charge in [-0.15, -0.1) is 0 Å². The van der Waals surface area contributed by atoms with Crippen molar-refractivity contribution in [3.8, 4) is 0 Å². The maximum absolute atomic E-state index is 11.2. The summed E-state index contributed by atoms with van der Waals surface area (Å²) >= 11 is 0. The van der Waals surface area contributed by atoms with Crippen molar-refractivity contribution in [3.63, 3.8) is 0 Å². The molecule has 0 aliphatic carbocycles. The van der Waals surface area contributed by atoms with Crippen LogP contribution in [0.2, 0.25) is 0 Å². The normalized spacial score (nSPS) is 9.67. The Morgan fingerprint density at radius 3 is 1.88 bits per heavy atom. The van der Waals surface area contributed by atoms with Crippen molar-refractivity contribution in [3.05, 3.63) is 0 Å². The molecule has 0 rings (SSSR count). The Morgan fingerprint density at radius 1 is 0.833 bits per heavy atom. The van der Waals surface area contributed by atoms with Crippen LogP contribution in [0, 0.1) is 0 Å². The van der Waals surface area contributed by atoms with Gasteiger partial charge in [-0.3, -0.25) is 9.59 Å². The number of alkyl carbamates (subject to hydrolysis) is 2. The largest absolute Gasteiger partial charge is 0.481 e. The average Bonchev–Trinajstić information content (AvgIpc) is 2.54.